The van der Waals surface area contributed by atoms with Gasteiger partial charge in [0.05, 0.1) is 16.7 Å². The molecular weight excluding hydrogens is 307 g/mol. The van der Waals surface area contributed by atoms with Crippen molar-refractivity contribution in [2.24, 2.45) is 0 Å². The van der Waals surface area contributed by atoms with Crippen molar-refractivity contribution in [2.45, 2.75) is 37.8 Å². The Bertz CT molecular complexity index is 452. The van der Waals surface area contributed by atoms with Crippen LogP contribution in [-0.2, 0) is 0 Å². The zero-order chi connectivity index (χ0) is 15.2. The average molecular weight is 331 g/mol. The molecule has 1 aliphatic rings. The normalized spacial score (nSPS) is 17.0. The minimum atomic E-state index is 0.178. The van der Waals surface area contributed by atoms with Gasteiger partial charge in [-0.2, -0.15) is 0 Å². The minimum Gasteiger partial charge on any atom is -0.395 e. The third kappa shape index (κ3) is 4.33. The Balaban J connectivity index is 1.99. The summed E-state index contributed by atoms with van der Waals surface area (Å²) in [4.78, 5) is 2.40. The second-order valence-corrected chi connectivity index (χ2v) is 6.40. The molecule has 3 nitrogen and oxygen atoms in total. The van der Waals surface area contributed by atoms with Crippen LogP contribution in [0.15, 0.2) is 18.2 Å². The topological polar surface area (TPSA) is 35.5 Å². The van der Waals surface area contributed by atoms with E-state index in [0.717, 1.165) is 25.1 Å². The number of hydrogen-bond donors (Lipinski definition) is 2. The summed E-state index contributed by atoms with van der Waals surface area (Å²) < 4.78 is 0. The highest BCUT2D eigenvalue weighted by Gasteiger charge is 2.25. The highest BCUT2D eigenvalue weighted by Crippen LogP contribution is 2.32. The molecule has 1 aromatic rings. The maximum Gasteiger partial charge on any atom is 0.0640 e. The molecule has 1 atom stereocenters. The van der Waals surface area contributed by atoms with E-state index >= 15 is 0 Å². The van der Waals surface area contributed by atoms with Crippen LogP contribution in [0.4, 0.5) is 0 Å². The fraction of sp³-hybridized carbons (Fsp3) is 0.625. The van der Waals surface area contributed by atoms with Gasteiger partial charge in [-0.3, -0.25) is 4.90 Å². The molecule has 0 radical (unpaired) electrons. The molecule has 1 aromatic carbocycles. The summed E-state index contributed by atoms with van der Waals surface area (Å²) in [6.07, 6.45) is 4.76. The van der Waals surface area contributed by atoms with Crippen molar-refractivity contribution < 1.29 is 5.11 Å². The van der Waals surface area contributed by atoms with Gasteiger partial charge in [0.25, 0.3) is 0 Å². The van der Waals surface area contributed by atoms with E-state index in [-0.39, 0.29) is 12.6 Å². The lowest BCUT2D eigenvalue weighted by atomic mass is 9.91. The van der Waals surface area contributed by atoms with E-state index < -0.39 is 0 Å². The van der Waals surface area contributed by atoms with E-state index in [0.29, 0.717) is 16.1 Å². The second-order valence-electron chi connectivity index (χ2n) is 5.62. The lowest BCUT2D eigenvalue weighted by Crippen LogP contribution is -2.43. The standard InChI is InChI=1S/C16H24Cl2N2O/c1-19-15(13-6-3-7-14(17)16(13)18)8-9-20(10-11-21)12-4-2-5-12/h3,6-7,12,15,19,21H,2,4-5,8-11H2,1H3. The van der Waals surface area contributed by atoms with E-state index in [1.165, 1.54) is 19.3 Å². The van der Waals surface area contributed by atoms with Gasteiger partial charge in [0.15, 0.2) is 0 Å². The number of nitrogens with zero attached hydrogens (tertiary/aromatic N) is 1. The Morgan fingerprint density at radius 3 is 2.67 bits per heavy atom. The first kappa shape index (κ1) is 17.0. The fourth-order valence-electron chi connectivity index (χ4n) is 2.90. The SMILES string of the molecule is CNC(CCN(CCO)C1CCC1)c1cccc(Cl)c1Cl. The molecule has 2 rings (SSSR count). The number of rotatable bonds is 8. The summed E-state index contributed by atoms with van der Waals surface area (Å²) in [6, 6.07) is 6.59. The molecule has 5 heteroatoms. The number of aliphatic hydroxyl groups is 1. The first-order chi connectivity index (χ1) is 10.2. The molecule has 1 unspecified atom stereocenters. The minimum absolute atomic E-state index is 0.178. The molecule has 0 aliphatic heterocycles. The smallest absolute Gasteiger partial charge is 0.0640 e. The van der Waals surface area contributed by atoms with Crippen molar-refractivity contribution in [3.8, 4) is 0 Å². The Morgan fingerprint density at radius 1 is 1.33 bits per heavy atom. The molecule has 1 fully saturated rings. The predicted molar refractivity (Wildman–Crippen MR) is 89.2 cm³/mol. The molecule has 0 bridgehead atoms. The summed E-state index contributed by atoms with van der Waals surface area (Å²) in [5, 5.41) is 13.8. The average Bonchev–Trinajstić information content (AvgIpc) is 2.42. The van der Waals surface area contributed by atoms with Gasteiger partial charge in [-0.25, -0.2) is 0 Å². The summed E-state index contributed by atoms with van der Waals surface area (Å²) in [6.45, 7) is 1.93. The van der Waals surface area contributed by atoms with Crippen LogP contribution in [0.2, 0.25) is 10.0 Å². The lowest BCUT2D eigenvalue weighted by molar-refractivity contribution is 0.0972. The summed E-state index contributed by atoms with van der Waals surface area (Å²) in [7, 11) is 1.95. The fourth-order valence-corrected chi connectivity index (χ4v) is 3.34. The van der Waals surface area contributed by atoms with E-state index in [2.05, 4.69) is 10.2 Å². The van der Waals surface area contributed by atoms with Gasteiger partial charge in [0.1, 0.15) is 0 Å². The molecule has 0 amide bonds. The van der Waals surface area contributed by atoms with E-state index in [1.54, 1.807) is 0 Å². The van der Waals surface area contributed by atoms with Gasteiger partial charge in [-0.05, 0) is 37.9 Å². The Morgan fingerprint density at radius 2 is 2.10 bits per heavy atom. The van der Waals surface area contributed by atoms with Gasteiger partial charge in [0.2, 0.25) is 0 Å². The van der Waals surface area contributed by atoms with Crippen LogP contribution in [0.25, 0.3) is 0 Å². The van der Waals surface area contributed by atoms with Gasteiger partial charge in [-0.1, -0.05) is 41.8 Å². The Hall–Kier alpha value is -0.320. The van der Waals surface area contributed by atoms with Crippen molar-refractivity contribution in [1.82, 2.24) is 10.2 Å². The van der Waals surface area contributed by atoms with Crippen LogP contribution >= 0.6 is 23.2 Å². The molecule has 1 saturated carbocycles. The number of aliphatic hydroxyl groups excluding tert-OH is 1. The molecule has 0 saturated heterocycles. The molecule has 0 heterocycles. The van der Waals surface area contributed by atoms with Crippen LogP contribution in [-0.4, -0.2) is 42.8 Å². The van der Waals surface area contributed by atoms with Crippen LogP contribution in [0, 0.1) is 0 Å². The van der Waals surface area contributed by atoms with Crippen LogP contribution in [0.3, 0.4) is 0 Å². The maximum absolute atomic E-state index is 9.23. The molecule has 0 spiro atoms. The quantitative estimate of drug-likeness (QED) is 0.765. The number of hydrogen-bond acceptors (Lipinski definition) is 3. The number of benzene rings is 1. The van der Waals surface area contributed by atoms with Crippen molar-refractivity contribution >= 4 is 23.2 Å². The van der Waals surface area contributed by atoms with Crippen LogP contribution in [0.5, 0.6) is 0 Å². The maximum atomic E-state index is 9.23. The first-order valence-electron chi connectivity index (χ1n) is 7.63. The predicted octanol–water partition coefficient (Wildman–Crippen LogP) is 3.49. The van der Waals surface area contributed by atoms with Crippen molar-refractivity contribution in [2.75, 3.05) is 26.7 Å². The van der Waals surface area contributed by atoms with Gasteiger partial charge >= 0.3 is 0 Å². The summed E-state index contributed by atoms with van der Waals surface area (Å²) >= 11 is 12.4. The summed E-state index contributed by atoms with van der Waals surface area (Å²) in [5.41, 5.74) is 1.05. The third-order valence-electron chi connectivity index (χ3n) is 4.39. The zero-order valence-corrected chi connectivity index (χ0v) is 14.0. The molecule has 2 N–H and O–H groups in total. The Kier molecular flexibility index (Phi) is 6.77. The van der Waals surface area contributed by atoms with Gasteiger partial charge in [-0.15, -0.1) is 0 Å². The molecule has 0 aromatic heterocycles. The molecule has 1 aliphatic carbocycles. The van der Waals surface area contributed by atoms with Crippen molar-refractivity contribution in [1.29, 1.82) is 0 Å². The molecular formula is C16H24Cl2N2O. The van der Waals surface area contributed by atoms with Crippen LogP contribution in [0.1, 0.15) is 37.3 Å². The highest BCUT2D eigenvalue weighted by molar-refractivity contribution is 6.42. The van der Waals surface area contributed by atoms with Gasteiger partial charge < -0.3 is 10.4 Å². The zero-order valence-electron chi connectivity index (χ0n) is 12.5. The second kappa shape index (κ2) is 8.35. The number of nitrogens with one attached hydrogen (secondary N) is 1. The van der Waals surface area contributed by atoms with Crippen LogP contribution < -0.4 is 5.32 Å². The first-order valence-corrected chi connectivity index (χ1v) is 8.39. The lowest BCUT2D eigenvalue weighted by Gasteiger charge is -2.38. The Labute approximate surface area is 137 Å². The third-order valence-corrected chi connectivity index (χ3v) is 5.22. The summed E-state index contributed by atoms with van der Waals surface area (Å²) in [5.74, 6) is 0. The van der Waals surface area contributed by atoms with E-state index in [4.69, 9.17) is 23.2 Å². The van der Waals surface area contributed by atoms with Crippen molar-refractivity contribution in [3.05, 3.63) is 33.8 Å². The number of halogens is 2. The highest BCUT2D eigenvalue weighted by atomic mass is 35.5. The van der Waals surface area contributed by atoms with E-state index in [9.17, 15) is 5.11 Å². The van der Waals surface area contributed by atoms with Crippen molar-refractivity contribution in [3.63, 3.8) is 0 Å². The molecule has 118 valence electrons. The van der Waals surface area contributed by atoms with Gasteiger partial charge in [0, 0.05) is 25.2 Å². The van der Waals surface area contributed by atoms with E-state index in [1.807, 2.05) is 25.2 Å². The largest absolute Gasteiger partial charge is 0.395 e. The monoisotopic (exact) mass is 330 g/mol. The molecule has 21 heavy (non-hydrogen) atoms.